The van der Waals surface area contributed by atoms with E-state index in [2.05, 4.69) is 21.9 Å². The molecule has 0 radical (unpaired) electrons. The van der Waals surface area contributed by atoms with Crippen LogP contribution in [0.25, 0.3) is 11.3 Å². The molecule has 4 nitrogen and oxygen atoms in total. The van der Waals surface area contributed by atoms with E-state index in [-0.39, 0.29) is 0 Å². The number of hydrogen-bond donors (Lipinski definition) is 0. The van der Waals surface area contributed by atoms with Crippen LogP contribution in [-0.4, -0.2) is 19.5 Å². The minimum absolute atomic E-state index is 0.735. The van der Waals surface area contributed by atoms with Crippen LogP contribution in [0.5, 0.6) is 0 Å². The molecule has 0 bridgehead atoms. The molecular weight excluding hydrogens is 164 g/mol. The average molecular weight is 176 g/mol. The fourth-order valence-corrected chi connectivity index (χ4v) is 1.29. The molecule has 0 unspecified atom stereocenters. The number of aromatic nitrogens is 4. The summed E-state index contributed by atoms with van der Waals surface area (Å²) in [7, 11) is 0. The van der Waals surface area contributed by atoms with Crippen molar-refractivity contribution in [2.75, 3.05) is 0 Å². The lowest BCUT2D eigenvalue weighted by Gasteiger charge is -1.99. The molecule has 0 saturated heterocycles. The summed E-state index contributed by atoms with van der Waals surface area (Å²) in [5.41, 5.74) is 1.62. The van der Waals surface area contributed by atoms with Crippen LogP contribution in [0.2, 0.25) is 0 Å². The number of rotatable bonds is 3. The molecule has 0 fully saturated rings. The molecule has 2 aromatic heterocycles. The Morgan fingerprint density at radius 2 is 2.08 bits per heavy atom. The first-order valence-corrected chi connectivity index (χ1v) is 4.53. The van der Waals surface area contributed by atoms with Gasteiger partial charge in [-0.25, -0.2) is 15.0 Å². The predicted octanol–water partition coefficient (Wildman–Crippen LogP) is 1.63. The summed E-state index contributed by atoms with van der Waals surface area (Å²) in [4.78, 5) is 12.5. The van der Waals surface area contributed by atoms with Gasteiger partial charge >= 0.3 is 0 Å². The van der Waals surface area contributed by atoms with Gasteiger partial charge in [-0.3, -0.25) is 0 Å². The number of imidazole rings is 1. The van der Waals surface area contributed by atoms with E-state index in [4.69, 9.17) is 0 Å². The van der Waals surface area contributed by atoms with E-state index in [0.29, 0.717) is 0 Å². The molecule has 0 saturated carbocycles. The van der Waals surface area contributed by atoms with Crippen molar-refractivity contribution < 1.29 is 0 Å². The number of nitrogens with zero attached hydrogens (tertiary/aromatic N) is 4. The van der Waals surface area contributed by atoms with Crippen molar-refractivity contribution in [3.8, 4) is 0 Å². The number of hydrogen-bond acceptors (Lipinski definition) is 3. The molecule has 0 aliphatic heterocycles. The van der Waals surface area contributed by atoms with Gasteiger partial charge in [0.1, 0.15) is 0 Å². The van der Waals surface area contributed by atoms with Gasteiger partial charge in [0.05, 0.1) is 6.33 Å². The van der Waals surface area contributed by atoms with Gasteiger partial charge in [0.2, 0.25) is 0 Å². The van der Waals surface area contributed by atoms with Crippen LogP contribution >= 0.6 is 0 Å². The topological polar surface area (TPSA) is 43.6 Å². The molecule has 0 spiro atoms. The molecule has 0 aliphatic rings. The predicted molar refractivity (Wildman–Crippen MR) is 50.2 cm³/mol. The molecule has 13 heavy (non-hydrogen) atoms. The Balaban J connectivity index is 2.35. The highest BCUT2D eigenvalue weighted by atomic mass is 15.1. The lowest BCUT2D eigenvalue weighted by Crippen LogP contribution is -1.96. The lowest BCUT2D eigenvalue weighted by atomic mass is 10.3. The van der Waals surface area contributed by atoms with Crippen LogP contribution in [0.4, 0.5) is 0 Å². The fourth-order valence-electron chi connectivity index (χ4n) is 1.29. The second-order valence-corrected chi connectivity index (χ2v) is 3.00. The van der Waals surface area contributed by atoms with Crippen molar-refractivity contribution in [1.82, 2.24) is 19.5 Å². The van der Waals surface area contributed by atoms with Crippen LogP contribution in [0.15, 0.2) is 18.7 Å². The van der Waals surface area contributed by atoms with Crippen LogP contribution in [0, 0.1) is 0 Å². The third-order valence-electron chi connectivity index (χ3n) is 2.00. The van der Waals surface area contributed by atoms with Crippen LogP contribution in [-0.2, 0) is 6.54 Å². The summed E-state index contributed by atoms with van der Waals surface area (Å²) < 4.78 is 2.05. The van der Waals surface area contributed by atoms with Crippen LogP contribution in [0.1, 0.15) is 19.8 Å². The Morgan fingerprint density at radius 3 is 2.92 bits per heavy atom. The summed E-state index contributed by atoms with van der Waals surface area (Å²) in [6.45, 7) is 3.15. The van der Waals surface area contributed by atoms with E-state index in [9.17, 15) is 0 Å². The molecule has 4 heteroatoms. The van der Waals surface area contributed by atoms with E-state index in [1.54, 1.807) is 18.7 Å². The average Bonchev–Trinajstić information content (AvgIpc) is 2.58. The van der Waals surface area contributed by atoms with Crippen molar-refractivity contribution in [1.29, 1.82) is 0 Å². The maximum Gasteiger partial charge on any atom is 0.197 e. The highest BCUT2D eigenvalue weighted by molar-refractivity contribution is 5.64. The molecule has 0 amide bonds. The van der Waals surface area contributed by atoms with Gasteiger partial charge in [-0.1, -0.05) is 13.3 Å². The molecule has 0 N–H and O–H groups in total. The van der Waals surface area contributed by atoms with E-state index >= 15 is 0 Å². The van der Waals surface area contributed by atoms with Crippen molar-refractivity contribution in [3.63, 3.8) is 0 Å². The summed E-state index contributed by atoms with van der Waals surface area (Å²) >= 11 is 0. The van der Waals surface area contributed by atoms with Crippen LogP contribution in [0.3, 0.4) is 0 Å². The Bertz CT molecular complexity index is 393. The second kappa shape index (κ2) is 3.51. The standard InChI is InChI=1S/C9H12N4/c1-2-3-6-13-7-12-8-9(13)11-5-4-10-8/h4-5,7H,2-3,6H2,1H3. The van der Waals surface area contributed by atoms with E-state index in [1.807, 2.05) is 4.57 Å². The van der Waals surface area contributed by atoms with E-state index < -0.39 is 0 Å². The fraction of sp³-hybridized carbons (Fsp3) is 0.444. The van der Waals surface area contributed by atoms with Gasteiger partial charge in [-0.05, 0) is 6.42 Å². The monoisotopic (exact) mass is 176 g/mol. The zero-order valence-electron chi connectivity index (χ0n) is 7.64. The Labute approximate surface area is 76.7 Å². The third kappa shape index (κ3) is 1.52. The number of unbranched alkanes of at least 4 members (excludes halogenated alkanes) is 1. The molecule has 0 aromatic carbocycles. The minimum atomic E-state index is 0.735. The Morgan fingerprint density at radius 1 is 1.23 bits per heavy atom. The summed E-state index contributed by atoms with van der Waals surface area (Å²) in [6.07, 6.45) is 7.51. The minimum Gasteiger partial charge on any atom is -0.314 e. The molecule has 0 atom stereocenters. The van der Waals surface area contributed by atoms with Gasteiger partial charge in [-0.2, -0.15) is 0 Å². The first-order chi connectivity index (χ1) is 6.42. The van der Waals surface area contributed by atoms with Gasteiger partial charge in [0.25, 0.3) is 0 Å². The summed E-state index contributed by atoms with van der Waals surface area (Å²) in [5.74, 6) is 0. The van der Waals surface area contributed by atoms with Crippen molar-refractivity contribution in [2.24, 2.45) is 0 Å². The highest BCUT2D eigenvalue weighted by Gasteiger charge is 2.02. The zero-order chi connectivity index (χ0) is 9.10. The Kier molecular flexibility index (Phi) is 2.21. The van der Waals surface area contributed by atoms with E-state index in [0.717, 1.165) is 24.3 Å². The molecule has 2 rings (SSSR count). The van der Waals surface area contributed by atoms with Crippen molar-refractivity contribution in [2.45, 2.75) is 26.3 Å². The molecule has 0 aliphatic carbocycles. The van der Waals surface area contributed by atoms with Gasteiger partial charge in [-0.15, -0.1) is 0 Å². The maximum atomic E-state index is 4.23. The maximum absolute atomic E-state index is 4.23. The molecular formula is C9H12N4. The Hall–Kier alpha value is -1.45. The normalized spacial score (nSPS) is 10.8. The number of aryl methyl sites for hydroxylation is 1. The lowest BCUT2D eigenvalue weighted by molar-refractivity contribution is 0.642. The van der Waals surface area contributed by atoms with Crippen LogP contribution < -0.4 is 0 Å². The van der Waals surface area contributed by atoms with Gasteiger partial charge in [0.15, 0.2) is 11.3 Å². The quantitative estimate of drug-likeness (QED) is 0.713. The largest absolute Gasteiger partial charge is 0.314 e. The van der Waals surface area contributed by atoms with Gasteiger partial charge < -0.3 is 4.57 Å². The van der Waals surface area contributed by atoms with E-state index in [1.165, 1.54) is 6.42 Å². The molecule has 2 aromatic rings. The van der Waals surface area contributed by atoms with Crippen molar-refractivity contribution >= 4 is 11.3 Å². The first-order valence-electron chi connectivity index (χ1n) is 4.53. The second-order valence-electron chi connectivity index (χ2n) is 3.00. The number of fused-ring (bicyclic) bond motifs is 1. The molecule has 68 valence electrons. The smallest absolute Gasteiger partial charge is 0.197 e. The van der Waals surface area contributed by atoms with Gasteiger partial charge in [0, 0.05) is 18.9 Å². The SMILES string of the molecule is CCCCn1cnc2nccnc21. The summed E-state index contributed by atoms with van der Waals surface area (Å²) in [6, 6.07) is 0. The third-order valence-corrected chi connectivity index (χ3v) is 2.00. The highest BCUT2D eigenvalue weighted by Crippen LogP contribution is 2.06. The molecule has 2 heterocycles. The summed E-state index contributed by atoms with van der Waals surface area (Å²) in [5, 5.41) is 0. The zero-order valence-corrected chi connectivity index (χ0v) is 7.64. The van der Waals surface area contributed by atoms with Crippen molar-refractivity contribution in [3.05, 3.63) is 18.7 Å². The first kappa shape index (κ1) is 8.16.